The average Bonchev–Trinajstić information content (AvgIpc) is 3.08. The highest BCUT2D eigenvalue weighted by Gasteiger charge is 2.51. The van der Waals surface area contributed by atoms with Crippen LogP contribution in [-0.4, -0.2) is 47.6 Å². The molecule has 4 rings (SSSR count). The van der Waals surface area contributed by atoms with Gasteiger partial charge in [0.15, 0.2) is 5.76 Å². The van der Waals surface area contributed by atoms with Crippen LogP contribution in [0, 0.1) is 6.92 Å². The SMILES string of the molecule is COC1CSC2(C1)CN(C(=O)c1oc3ccccc3c1C)C2. The number of hydrogen-bond donors (Lipinski definition) is 0. The highest BCUT2D eigenvalue weighted by atomic mass is 32.2. The van der Waals surface area contributed by atoms with E-state index in [2.05, 4.69) is 0 Å². The number of hydrogen-bond acceptors (Lipinski definition) is 4. The van der Waals surface area contributed by atoms with Gasteiger partial charge in [-0.25, -0.2) is 0 Å². The Morgan fingerprint density at radius 2 is 2.18 bits per heavy atom. The van der Waals surface area contributed by atoms with E-state index in [0.717, 1.165) is 41.8 Å². The number of para-hydroxylation sites is 1. The summed E-state index contributed by atoms with van der Waals surface area (Å²) in [5.41, 5.74) is 1.73. The second kappa shape index (κ2) is 5.03. The van der Waals surface area contributed by atoms with Gasteiger partial charge in [0.25, 0.3) is 5.91 Å². The van der Waals surface area contributed by atoms with E-state index in [1.54, 1.807) is 7.11 Å². The number of rotatable bonds is 2. The second-order valence-corrected chi connectivity index (χ2v) is 7.76. The quantitative estimate of drug-likeness (QED) is 0.853. The summed E-state index contributed by atoms with van der Waals surface area (Å²) >= 11 is 1.94. The molecule has 22 heavy (non-hydrogen) atoms. The van der Waals surface area contributed by atoms with Crippen LogP contribution in [0.25, 0.3) is 11.0 Å². The Labute approximate surface area is 133 Å². The second-order valence-electron chi connectivity index (χ2n) is 6.27. The number of aryl methyl sites for hydroxylation is 1. The average molecular weight is 317 g/mol. The van der Waals surface area contributed by atoms with Gasteiger partial charge in [-0.15, -0.1) is 11.8 Å². The number of ether oxygens (including phenoxy) is 1. The third kappa shape index (κ3) is 2.07. The van der Waals surface area contributed by atoms with E-state index in [0.29, 0.717) is 11.9 Å². The summed E-state index contributed by atoms with van der Waals surface area (Å²) in [5, 5.41) is 1.02. The molecular formula is C17H19NO3S. The van der Waals surface area contributed by atoms with Crippen molar-refractivity contribution < 1.29 is 13.9 Å². The van der Waals surface area contributed by atoms with Crippen LogP contribution < -0.4 is 0 Å². The molecule has 0 radical (unpaired) electrons. The van der Waals surface area contributed by atoms with Gasteiger partial charge >= 0.3 is 0 Å². The van der Waals surface area contributed by atoms with E-state index in [-0.39, 0.29) is 10.7 Å². The Morgan fingerprint density at radius 1 is 1.41 bits per heavy atom. The first-order chi connectivity index (χ1) is 10.6. The van der Waals surface area contributed by atoms with Crippen LogP contribution in [-0.2, 0) is 4.74 Å². The van der Waals surface area contributed by atoms with Gasteiger partial charge in [0.05, 0.1) is 10.9 Å². The Bertz CT molecular complexity index is 733. The van der Waals surface area contributed by atoms with E-state index in [1.165, 1.54) is 0 Å². The monoisotopic (exact) mass is 317 g/mol. The van der Waals surface area contributed by atoms with Crippen molar-refractivity contribution in [3.05, 3.63) is 35.6 Å². The Hall–Kier alpha value is -1.46. The molecule has 2 saturated heterocycles. The van der Waals surface area contributed by atoms with Crippen molar-refractivity contribution in [3.63, 3.8) is 0 Å². The number of carbonyl (C=O) groups is 1. The van der Waals surface area contributed by atoms with Crippen LogP contribution in [0.1, 0.15) is 22.5 Å². The molecule has 1 aromatic heterocycles. The topological polar surface area (TPSA) is 42.7 Å². The fourth-order valence-electron chi connectivity index (χ4n) is 3.49. The number of fused-ring (bicyclic) bond motifs is 1. The van der Waals surface area contributed by atoms with Crippen LogP contribution in [0.4, 0.5) is 0 Å². The lowest BCUT2D eigenvalue weighted by Crippen LogP contribution is -2.60. The summed E-state index contributed by atoms with van der Waals surface area (Å²) in [5.74, 6) is 1.53. The number of likely N-dealkylation sites (tertiary alicyclic amines) is 1. The molecule has 3 heterocycles. The number of carbonyl (C=O) groups excluding carboxylic acids is 1. The number of amides is 1. The number of thioether (sulfide) groups is 1. The molecule has 0 N–H and O–H groups in total. The number of methoxy groups -OCH3 is 1. The highest BCUT2D eigenvalue weighted by molar-refractivity contribution is 8.01. The molecule has 1 unspecified atom stereocenters. The van der Waals surface area contributed by atoms with E-state index in [9.17, 15) is 4.79 Å². The Balaban J connectivity index is 1.52. The minimum Gasteiger partial charge on any atom is -0.451 e. The van der Waals surface area contributed by atoms with E-state index < -0.39 is 0 Å². The van der Waals surface area contributed by atoms with E-state index >= 15 is 0 Å². The third-order valence-electron chi connectivity index (χ3n) is 4.79. The van der Waals surface area contributed by atoms with Crippen molar-refractivity contribution in [2.24, 2.45) is 0 Å². The van der Waals surface area contributed by atoms with Gasteiger partial charge in [0, 0.05) is 36.9 Å². The number of nitrogens with zero attached hydrogens (tertiary/aromatic N) is 1. The van der Waals surface area contributed by atoms with E-state index in [1.807, 2.05) is 47.9 Å². The van der Waals surface area contributed by atoms with Gasteiger partial charge in [0.2, 0.25) is 0 Å². The van der Waals surface area contributed by atoms with Gasteiger partial charge < -0.3 is 14.1 Å². The maximum Gasteiger partial charge on any atom is 0.289 e. The van der Waals surface area contributed by atoms with Crippen molar-refractivity contribution in [1.82, 2.24) is 4.90 Å². The summed E-state index contributed by atoms with van der Waals surface area (Å²) < 4.78 is 11.4. The minimum absolute atomic E-state index is 0.0146. The highest BCUT2D eigenvalue weighted by Crippen LogP contribution is 2.46. The van der Waals surface area contributed by atoms with Crippen LogP contribution in [0.3, 0.4) is 0 Å². The summed E-state index contributed by atoms with van der Waals surface area (Å²) in [6.07, 6.45) is 1.37. The first-order valence-corrected chi connectivity index (χ1v) is 8.55. The smallest absolute Gasteiger partial charge is 0.289 e. The van der Waals surface area contributed by atoms with Crippen LogP contribution in [0.15, 0.2) is 28.7 Å². The summed E-state index contributed by atoms with van der Waals surface area (Å²) in [6, 6.07) is 7.81. The van der Waals surface area contributed by atoms with Crippen LogP contribution in [0.2, 0.25) is 0 Å². The Kier molecular flexibility index (Phi) is 3.24. The molecule has 116 valence electrons. The van der Waals surface area contributed by atoms with Gasteiger partial charge in [-0.2, -0.15) is 0 Å². The van der Waals surface area contributed by atoms with E-state index in [4.69, 9.17) is 9.15 Å². The lowest BCUT2D eigenvalue weighted by Gasteiger charge is -2.47. The maximum absolute atomic E-state index is 12.7. The fourth-order valence-corrected chi connectivity index (χ4v) is 5.08. The molecule has 2 aliphatic heterocycles. The molecule has 1 aromatic carbocycles. The van der Waals surface area contributed by atoms with Crippen LogP contribution >= 0.6 is 11.8 Å². The molecule has 2 aliphatic rings. The normalized spacial score (nSPS) is 23.2. The molecular weight excluding hydrogens is 298 g/mol. The van der Waals surface area contributed by atoms with Crippen molar-refractivity contribution in [1.29, 1.82) is 0 Å². The molecule has 0 aliphatic carbocycles. The zero-order valence-corrected chi connectivity index (χ0v) is 13.6. The Morgan fingerprint density at radius 3 is 2.86 bits per heavy atom. The predicted molar refractivity (Wildman–Crippen MR) is 87.5 cm³/mol. The lowest BCUT2D eigenvalue weighted by molar-refractivity contribution is 0.0426. The lowest BCUT2D eigenvalue weighted by atomic mass is 9.92. The van der Waals surface area contributed by atoms with Crippen molar-refractivity contribution >= 4 is 28.6 Å². The first kappa shape index (κ1) is 14.2. The molecule has 2 fully saturated rings. The summed E-state index contributed by atoms with van der Waals surface area (Å²) in [4.78, 5) is 14.6. The predicted octanol–water partition coefficient (Wildman–Crippen LogP) is 3.09. The maximum atomic E-state index is 12.7. The molecule has 2 aromatic rings. The zero-order chi connectivity index (χ0) is 15.3. The van der Waals surface area contributed by atoms with Gasteiger partial charge in [-0.05, 0) is 19.4 Å². The molecule has 0 bridgehead atoms. The molecule has 1 atom stereocenters. The molecule has 4 nitrogen and oxygen atoms in total. The van der Waals surface area contributed by atoms with Crippen molar-refractivity contribution in [2.75, 3.05) is 26.0 Å². The summed E-state index contributed by atoms with van der Waals surface area (Å²) in [7, 11) is 1.77. The number of benzene rings is 1. The minimum atomic E-state index is 0.0146. The largest absolute Gasteiger partial charge is 0.451 e. The van der Waals surface area contributed by atoms with Gasteiger partial charge in [-0.1, -0.05) is 18.2 Å². The molecule has 1 amide bonds. The number of furan rings is 1. The first-order valence-electron chi connectivity index (χ1n) is 7.56. The van der Waals surface area contributed by atoms with Crippen molar-refractivity contribution in [2.45, 2.75) is 24.2 Å². The van der Waals surface area contributed by atoms with Gasteiger partial charge in [0.1, 0.15) is 5.58 Å². The zero-order valence-electron chi connectivity index (χ0n) is 12.8. The molecule has 5 heteroatoms. The molecule has 0 saturated carbocycles. The van der Waals surface area contributed by atoms with Crippen molar-refractivity contribution in [3.8, 4) is 0 Å². The summed E-state index contributed by atoms with van der Waals surface area (Å²) in [6.45, 7) is 3.56. The van der Waals surface area contributed by atoms with Crippen LogP contribution in [0.5, 0.6) is 0 Å². The fraction of sp³-hybridized carbons (Fsp3) is 0.471. The third-order valence-corrected chi connectivity index (χ3v) is 6.37. The van der Waals surface area contributed by atoms with Gasteiger partial charge in [-0.3, -0.25) is 4.79 Å². The molecule has 1 spiro atoms. The standard InChI is InChI=1S/C17H19NO3S/c1-11-13-5-3-4-6-14(13)21-15(11)16(19)18-9-17(10-18)7-12(20-2)8-22-17/h3-6,12H,7-10H2,1-2H3.